The zero-order chi connectivity index (χ0) is 13.9. The Balaban J connectivity index is 1.77. The lowest BCUT2D eigenvalue weighted by Crippen LogP contribution is -2.40. The molecule has 1 saturated carbocycles. The summed E-state index contributed by atoms with van der Waals surface area (Å²) in [5.41, 5.74) is 2.72. The van der Waals surface area contributed by atoms with Crippen LogP contribution in [0.5, 0.6) is 5.75 Å². The average Bonchev–Trinajstić information content (AvgIpc) is 2.81. The molecule has 1 heterocycles. The molecule has 0 saturated heterocycles. The number of nitrogens with zero attached hydrogens (tertiary/aromatic N) is 1. The van der Waals surface area contributed by atoms with Crippen LogP contribution in [0, 0.1) is 0 Å². The molecule has 4 heteroatoms. The largest absolute Gasteiger partial charge is 0.493 e. The third-order valence-electron chi connectivity index (χ3n) is 4.37. The van der Waals surface area contributed by atoms with Crippen LogP contribution in [0.4, 0.5) is 0 Å². The molecule has 1 aromatic carbocycles. The molecule has 0 atom stereocenters. The molecule has 1 aromatic rings. The Morgan fingerprint density at radius 3 is 2.85 bits per heavy atom. The van der Waals surface area contributed by atoms with E-state index in [0.29, 0.717) is 0 Å². The maximum atomic E-state index is 5.86. The lowest BCUT2D eigenvalue weighted by atomic mass is 9.91. The van der Waals surface area contributed by atoms with Gasteiger partial charge in [-0.1, -0.05) is 38.3 Å². The molecule has 1 fully saturated rings. The summed E-state index contributed by atoms with van der Waals surface area (Å²) in [5.74, 6) is 1.15. The summed E-state index contributed by atoms with van der Waals surface area (Å²) in [6.07, 6.45) is 6.38. The van der Waals surface area contributed by atoms with Crippen molar-refractivity contribution in [2.24, 2.45) is 0 Å². The molecule has 2 aliphatic rings. The minimum absolute atomic E-state index is 0.782. The van der Waals surface area contributed by atoms with E-state index in [9.17, 15) is 0 Å². The van der Waals surface area contributed by atoms with Crippen LogP contribution in [0.2, 0.25) is 0 Å². The second kappa shape index (κ2) is 6.80. The van der Waals surface area contributed by atoms with E-state index in [2.05, 4.69) is 48.9 Å². The highest BCUT2D eigenvalue weighted by Crippen LogP contribution is 2.35. The molecule has 3 rings (SSSR count). The number of rotatable bonds is 6. The molecule has 0 spiro atoms. The first-order valence-corrected chi connectivity index (χ1v) is 9.43. The van der Waals surface area contributed by atoms with Crippen molar-refractivity contribution in [1.82, 2.24) is 4.90 Å². The summed E-state index contributed by atoms with van der Waals surface area (Å²) in [6, 6.07) is 5.23. The summed E-state index contributed by atoms with van der Waals surface area (Å²) in [7, 11) is 0. The molecular formula is C16H21Br2NO. The number of benzene rings is 1. The van der Waals surface area contributed by atoms with Gasteiger partial charge in [0.05, 0.1) is 6.61 Å². The third kappa shape index (κ3) is 3.23. The highest BCUT2D eigenvalue weighted by Gasteiger charge is 2.26. The molecule has 0 aromatic heterocycles. The van der Waals surface area contributed by atoms with Gasteiger partial charge in [0, 0.05) is 34.4 Å². The number of alkyl halides is 1. The quantitative estimate of drug-likeness (QED) is 0.648. The van der Waals surface area contributed by atoms with Gasteiger partial charge >= 0.3 is 0 Å². The van der Waals surface area contributed by atoms with Gasteiger partial charge in [-0.2, -0.15) is 0 Å². The van der Waals surface area contributed by atoms with E-state index in [1.165, 1.54) is 47.8 Å². The standard InChI is InChI=1S/C16H21Br2NO/c17-6-2-7-19(15-3-1-4-15)11-13-10-14(18)9-12-5-8-20-16(12)13/h9-10,15H,1-8,11H2. The first-order valence-electron chi connectivity index (χ1n) is 7.52. The molecule has 0 radical (unpaired) electrons. The van der Waals surface area contributed by atoms with Gasteiger partial charge in [-0.15, -0.1) is 0 Å². The first-order chi connectivity index (χ1) is 9.78. The third-order valence-corrected chi connectivity index (χ3v) is 5.39. The lowest BCUT2D eigenvalue weighted by Gasteiger charge is -2.38. The maximum absolute atomic E-state index is 5.86. The molecule has 1 aliphatic carbocycles. The van der Waals surface area contributed by atoms with Crippen molar-refractivity contribution in [2.75, 3.05) is 18.5 Å². The van der Waals surface area contributed by atoms with Crippen LogP contribution in [-0.4, -0.2) is 29.4 Å². The van der Waals surface area contributed by atoms with Crippen LogP contribution in [0.1, 0.15) is 36.8 Å². The molecule has 1 aliphatic heterocycles. The van der Waals surface area contributed by atoms with Gasteiger partial charge in [-0.05, 0) is 43.5 Å². The fraction of sp³-hybridized carbons (Fsp3) is 0.625. The van der Waals surface area contributed by atoms with Crippen molar-refractivity contribution in [3.63, 3.8) is 0 Å². The Morgan fingerprint density at radius 2 is 2.15 bits per heavy atom. The Bertz CT molecular complexity index is 474. The van der Waals surface area contributed by atoms with Gasteiger partial charge in [0.1, 0.15) is 5.75 Å². The number of halogens is 2. The van der Waals surface area contributed by atoms with Gasteiger partial charge < -0.3 is 4.74 Å². The Kier molecular flexibility index (Phi) is 5.05. The summed E-state index contributed by atoms with van der Waals surface area (Å²) < 4.78 is 7.05. The van der Waals surface area contributed by atoms with E-state index in [1.54, 1.807) is 0 Å². The Morgan fingerprint density at radius 1 is 1.30 bits per heavy atom. The van der Waals surface area contributed by atoms with Crippen molar-refractivity contribution in [2.45, 2.75) is 44.7 Å². The van der Waals surface area contributed by atoms with Crippen molar-refractivity contribution < 1.29 is 4.74 Å². The van der Waals surface area contributed by atoms with Crippen LogP contribution in [0.3, 0.4) is 0 Å². The number of hydrogen-bond acceptors (Lipinski definition) is 2. The SMILES string of the molecule is BrCCCN(Cc1cc(Br)cc2c1OCC2)C1CCC1. The molecule has 20 heavy (non-hydrogen) atoms. The molecule has 0 amide bonds. The lowest BCUT2D eigenvalue weighted by molar-refractivity contribution is 0.119. The van der Waals surface area contributed by atoms with Crippen LogP contribution >= 0.6 is 31.9 Å². The number of fused-ring (bicyclic) bond motifs is 1. The predicted molar refractivity (Wildman–Crippen MR) is 89.8 cm³/mol. The van der Waals surface area contributed by atoms with Gasteiger partial charge in [-0.3, -0.25) is 4.90 Å². The smallest absolute Gasteiger partial charge is 0.127 e. The minimum atomic E-state index is 0.782. The highest BCUT2D eigenvalue weighted by molar-refractivity contribution is 9.10. The summed E-state index contributed by atoms with van der Waals surface area (Å²) in [6.45, 7) is 3.04. The van der Waals surface area contributed by atoms with Crippen molar-refractivity contribution in [3.8, 4) is 5.75 Å². The van der Waals surface area contributed by atoms with Crippen molar-refractivity contribution in [3.05, 3.63) is 27.7 Å². The molecule has 2 nitrogen and oxygen atoms in total. The van der Waals surface area contributed by atoms with Crippen LogP contribution < -0.4 is 4.74 Å². The van der Waals surface area contributed by atoms with E-state index in [0.717, 1.165) is 36.7 Å². The maximum Gasteiger partial charge on any atom is 0.127 e. The monoisotopic (exact) mass is 401 g/mol. The van der Waals surface area contributed by atoms with E-state index in [4.69, 9.17) is 4.74 Å². The Hall–Kier alpha value is -0.0600. The molecule has 110 valence electrons. The molecule has 0 bridgehead atoms. The molecular weight excluding hydrogens is 382 g/mol. The van der Waals surface area contributed by atoms with E-state index >= 15 is 0 Å². The molecule has 0 N–H and O–H groups in total. The van der Waals surface area contributed by atoms with Gasteiger partial charge in [0.25, 0.3) is 0 Å². The van der Waals surface area contributed by atoms with Crippen LogP contribution in [0.25, 0.3) is 0 Å². The first kappa shape index (κ1) is 14.9. The Labute approximate surface area is 138 Å². The minimum Gasteiger partial charge on any atom is -0.493 e. The average molecular weight is 403 g/mol. The summed E-state index contributed by atoms with van der Waals surface area (Å²) >= 11 is 7.20. The van der Waals surface area contributed by atoms with Gasteiger partial charge in [0.2, 0.25) is 0 Å². The van der Waals surface area contributed by atoms with Crippen molar-refractivity contribution in [1.29, 1.82) is 0 Å². The van der Waals surface area contributed by atoms with E-state index < -0.39 is 0 Å². The predicted octanol–water partition coefficient (Wildman–Crippen LogP) is 4.52. The van der Waals surface area contributed by atoms with Gasteiger partial charge in [0.15, 0.2) is 0 Å². The highest BCUT2D eigenvalue weighted by atomic mass is 79.9. The van der Waals surface area contributed by atoms with E-state index in [1.807, 2.05) is 0 Å². The second-order valence-corrected chi connectivity index (χ2v) is 7.46. The number of hydrogen-bond donors (Lipinski definition) is 0. The number of ether oxygens (including phenoxy) is 1. The molecule has 0 unspecified atom stereocenters. The summed E-state index contributed by atoms with van der Waals surface area (Å²) in [4.78, 5) is 2.65. The van der Waals surface area contributed by atoms with Gasteiger partial charge in [-0.25, -0.2) is 0 Å². The summed E-state index contributed by atoms with van der Waals surface area (Å²) in [5, 5.41) is 1.09. The van der Waals surface area contributed by atoms with Crippen molar-refractivity contribution >= 4 is 31.9 Å². The van der Waals surface area contributed by atoms with E-state index in [-0.39, 0.29) is 0 Å². The zero-order valence-electron chi connectivity index (χ0n) is 11.7. The normalized spacial score (nSPS) is 17.9. The fourth-order valence-electron chi connectivity index (χ4n) is 3.09. The zero-order valence-corrected chi connectivity index (χ0v) is 14.9. The fourth-order valence-corrected chi connectivity index (χ4v) is 3.89. The van der Waals surface area contributed by atoms with Crippen LogP contribution in [-0.2, 0) is 13.0 Å². The second-order valence-electron chi connectivity index (χ2n) is 5.75. The topological polar surface area (TPSA) is 12.5 Å². The van der Waals surface area contributed by atoms with Crippen LogP contribution in [0.15, 0.2) is 16.6 Å².